The van der Waals surface area contributed by atoms with Crippen molar-refractivity contribution < 1.29 is 9.13 Å². The van der Waals surface area contributed by atoms with E-state index in [1.165, 1.54) is 0 Å². The van der Waals surface area contributed by atoms with Gasteiger partial charge in [0.15, 0.2) is 0 Å². The molecule has 0 aliphatic carbocycles. The highest BCUT2D eigenvalue weighted by atomic mass is 32.1. The van der Waals surface area contributed by atoms with Crippen molar-refractivity contribution >= 4 is 13.7 Å². The highest BCUT2D eigenvalue weighted by Crippen LogP contribution is 2.81. The van der Waals surface area contributed by atoms with Gasteiger partial charge in [0.2, 0.25) is 0 Å². The van der Waals surface area contributed by atoms with E-state index < -0.39 is 13.7 Å². The second-order valence-electron chi connectivity index (χ2n) is 4.59. The molecule has 98 valence electrons. The summed E-state index contributed by atoms with van der Waals surface area (Å²) in [5.74, 6) is 0. The first-order valence-corrected chi connectivity index (χ1v) is 11.5. The van der Waals surface area contributed by atoms with Gasteiger partial charge in [0.25, 0.3) is 0 Å². The largest absolute Gasteiger partial charge is 0.316 e. The molecular weight excluding hydrogens is 238 g/mol. The summed E-state index contributed by atoms with van der Waals surface area (Å²) in [5, 5.41) is 0. The molecule has 0 N–H and O–H groups in total. The van der Waals surface area contributed by atoms with E-state index in [9.17, 15) is 9.13 Å². The Labute approximate surface area is 101 Å². The van der Waals surface area contributed by atoms with Gasteiger partial charge in [0, 0.05) is 24.6 Å². The van der Waals surface area contributed by atoms with Crippen molar-refractivity contribution in [1.29, 1.82) is 0 Å². The van der Waals surface area contributed by atoms with E-state index in [1.54, 1.807) is 0 Å². The first kappa shape index (κ1) is 16.5. The van der Waals surface area contributed by atoms with Gasteiger partial charge in [0.05, 0.1) is 0 Å². The molecule has 0 radical (unpaired) electrons. The molecule has 0 heterocycles. The smallest absolute Gasteiger partial charge is 0.143 e. The van der Waals surface area contributed by atoms with Crippen LogP contribution >= 0.6 is 13.7 Å². The molecule has 0 unspecified atom stereocenters. The summed E-state index contributed by atoms with van der Waals surface area (Å²) in [6.07, 6.45) is 6.36. The lowest BCUT2D eigenvalue weighted by Gasteiger charge is -2.27. The summed E-state index contributed by atoms with van der Waals surface area (Å²) in [5.41, 5.74) is 0. The van der Waals surface area contributed by atoms with Crippen LogP contribution in [0.1, 0.15) is 53.4 Å². The summed E-state index contributed by atoms with van der Waals surface area (Å²) >= 11 is 0. The van der Waals surface area contributed by atoms with Gasteiger partial charge in [-0.25, -0.2) is 0 Å². The van der Waals surface area contributed by atoms with E-state index in [-0.39, 0.29) is 0 Å². The van der Waals surface area contributed by atoms with Crippen molar-refractivity contribution in [1.82, 2.24) is 0 Å². The molecule has 0 aromatic rings. The molecule has 0 fully saturated rings. The van der Waals surface area contributed by atoms with Gasteiger partial charge in [-0.2, -0.15) is 0 Å². The van der Waals surface area contributed by atoms with Crippen LogP contribution in [-0.2, 0) is 9.13 Å². The standard InChI is InChI=1S/C12H28O2P2/c1-5-9-15(13,10-6-2)16(14,11-7-3)12-8-4/h5-12H2,1-4H3. The van der Waals surface area contributed by atoms with Gasteiger partial charge in [-0.15, -0.1) is 0 Å². The molecule has 0 spiro atoms. The Kier molecular flexibility index (Phi) is 7.94. The number of hydrogen-bond acceptors (Lipinski definition) is 2. The summed E-state index contributed by atoms with van der Waals surface area (Å²) < 4.78 is 25.9. The highest BCUT2D eigenvalue weighted by Gasteiger charge is 2.39. The molecule has 0 rings (SSSR count). The predicted octanol–water partition coefficient (Wildman–Crippen LogP) is 5.27. The maximum absolute atomic E-state index is 13.0. The summed E-state index contributed by atoms with van der Waals surface area (Å²) in [7, 11) is 0. The van der Waals surface area contributed by atoms with E-state index in [2.05, 4.69) is 0 Å². The molecule has 0 amide bonds. The summed E-state index contributed by atoms with van der Waals surface area (Å²) in [6.45, 7) is 3.35. The Bertz CT molecular complexity index is 226. The zero-order valence-electron chi connectivity index (χ0n) is 11.4. The fraction of sp³-hybridized carbons (Fsp3) is 1.00. The third-order valence-electron chi connectivity index (χ3n) is 2.96. The van der Waals surface area contributed by atoms with E-state index >= 15 is 0 Å². The van der Waals surface area contributed by atoms with Crippen molar-refractivity contribution in [3.63, 3.8) is 0 Å². The van der Waals surface area contributed by atoms with E-state index in [4.69, 9.17) is 0 Å². The van der Waals surface area contributed by atoms with Crippen LogP contribution in [0.5, 0.6) is 0 Å². The minimum Gasteiger partial charge on any atom is -0.316 e. The van der Waals surface area contributed by atoms with Crippen LogP contribution in [0.15, 0.2) is 0 Å². The Morgan fingerprint density at radius 1 is 0.562 bits per heavy atom. The minimum absolute atomic E-state index is 0.693. The van der Waals surface area contributed by atoms with Gasteiger partial charge in [-0.3, -0.25) is 0 Å². The molecule has 16 heavy (non-hydrogen) atoms. The van der Waals surface area contributed by atoms with Crippen molar-refractivity contribution in [2.24, 2.45) is 0 Å². The van der Waals surface area contributed by atoms with Crippen LogP contribution in [0.2, 0.25) is 0 Å². The monoisotopic (exact) mass is 266 g/mol. The third-order valence-corrected chi connectivity index (χ3v) is 15.3. The van der Waals surface area contributed by atoms with Crippen molar-refractivity contribution in [2.45, 2.75) is 53.4 Å². The fourth-order valence-electron chi connectivity index (χ4n) is 2.35. The molecule has 4 heteroatoms. The molecule has 0 saturated heterocycles. The average molecular weight is 266 g/mol. The molecule has 0 saturated carbocycles. The van der Waals surface area contributed by atoms with Crippen LogP contribution in [0.25, 0.3) is 0 Å². The van der Waals surface area contributed by atoms with Crippen molar-refractivity contribution in [2.75, 3.05) is 24.6 Å². The Balaban J connectivity index is 5.08. The SMILES string of the molecule is CCCP(=O)(CCC)P(=O)(CCC)CCC. The minimum atomic E-state index is -2.42. The number of hydrogen-bond donors (Lipinski definition) is 0. The fourth-order valence-corrected chi connectivity index (χ4v) is 13.8. The second kappa shape index (κ2) is 7.72. The molecule has 0 aliphatic rings. The Morgan fingerprint density at radius 3 is 0.875 bits per heavy atom. The quantitative estimate of drug-likeness (QED) is 0.533. The van der Waals surface area contributed by atoms with Crippen LogP contribution in [0.4, 0.5) is 0 Å². The topological polar surface area (TPSA) is 34.1 Å². The summed E-state index contributed by atoms with van der Waals surface area (Å²) in [6, 6.07) is 0. The lowest BCUT2D eigenvalue weighted by atomic mass is 10.6. The van der Waals surface area contributed by atoms with Gasteiger partial charge in [-0.05, 0) is 25.7 Å². The van der Waals surface area contributed by atoms with E-state index in [1.807, 2.05) is 27.7 Å². The molecule has 0 aromatic carbocycles. The molecule has 0 atom stereocenters. The third kappa shape index (κ3) is 4.04. The average Bonchev–Trinajstić information content (AvgIpc) is 2.19. The Morgan fingerprint density at radius 2 is 0.750 bits per heavy atom. The van der Waals surface area contributed by atoms with Crippen molar-refractivity contribution in [3.05, 3.63) is 0 Å². The van der Waals surface area contributed by atoms with Crippen LogP contribution < -0.4 is 0 Å². The molecular formula is C12H28O2P2. The lowest BCUT2D eigenvalue weighted by molar-refractivity contribution is 0.561. The first-order valence-electron chi connectivity index (χ1n) is 6.66. The maximum atomic E-state index is 13.0. The maximum Gasteiger partial charge on any atom is 0.143 e. The van der Waals surface area contributed by atoms with Gasteiger partial charge < -0.3 is 9.13 Å². The first-order chi connectivity index (χ1) is 7.49. The predicted molar refractivity (Wildman–Crippen MR) is 75.8 cm³/mol. The van der Waals surface area contributed by atoms with Crippen LogP contribution in [0, 0.1) is 0 Å². The van der Waals surface area contributed by atoms with Crippen LogP contribution in [0.3, 0.4) is 0 Å². The van der Waals surface area contributed by atoms with Crippen molar-refractivity contribution in [3.8, 4) is 0 Å². The zero-order valence-corrected chi connectivity index (χ0v) is 13.2. The molecule has 0 aromatic heterocycles. The summed E-state index contributed by atoms with van der Waals surface area (Å²) in [4.78, 5) is 0. The normalized spacial score (nSPS) is 13.0. The van der Waals surface area contributed by atoms with E-state index in [0.717, 1.165) is 25.7 Å². The van der Waals surface area contributed by atoms with Gasteiger partial charge in [0.1, 0.15) is 13.7 Å². The van der Waals surface area contributed by atoms with Gasteiger partial charge in [-0.1, -0.05) is 27.7 Å². The second-order valence-corrected chi connectivity index (χ2v) is 14.1. The van der Waals surface area contributed by atoms with E-state index in [0.29, 0.717) is 24.6 Å². The Hall–Kier alpha value is 0.460. The zero-order chi connectivity index (χ0) is 12.7. The molecule has 2 nitrogen and oxygen atoms in total. The highest BCUT2D eigenvalue weighted by molar-refractivity contribution is 8.36. The van der Waals surface area contributed by atoms with Gasteiger partial charge >= 0.3 is 0 Å². The van der Waals surface area contributed by atoms with Crippen LogP contribution in [-0.4, -0.2) is 24.6 Å². The molecule has 0 aliphatic heterocycles. The lowest BCUT2D eigenvalue weighted by Crippen LogP contribution is -2.02. The number of rotatable bonds is 9. The molecule has 0 bridgehead atoms.